The summed E-state index contributed by atoms with van der Waals surface area (Å²) in [6.07, 6.45) is 0.0446. The SMILES string of the molecule is CCOC(=O)CC[C@H](NC(=O)c1ccc(N=O)cc1)C(=O)OCC. The molecule has 0 saturated carbocycles. The van der Waals surface area contributed by atoms with Gasteiger partial charge in [-0.15, -0.1) is 4.91 Å². The number of benzene rings is 1. The van der Waals surface area contributed by atoms with Crippen LogP contribution >= 0.6 is 0 Å². The van der Waals surface area contributed by atoms with Crippen molar-refractivity contribution in [3.8, 4) is 0 Å². The number of rotatable bonds is 9. The maximum absolute atomic E-state index is 12.2. The zero-order chi connectivity index (χ0) is 17.9. The largest absolute Gasteiger partial charge is 0.466 e. The molecule has 8 nitrogen and oxygen atoms in total. The minimum Gasteiger partial charge on any atom is -0.466 e. The van der Waals surface area contributed by atoms with Crippen LogP contribution in [0.25, 0.3) is 0 Å². The van der Waals surface area contributed by atoms with Gasteiger partial charge in [-0.2, -0.15) is 0 Å². The molecule has 1 aromatic rings. The van der Waals surface area contributed by atoms with Crippen LogP contribution in [0.5, 0.6) is 0 Å². The van der Waals surface area contributed by atoms with Crippen LogP contribution in [0, 0.1) is 4.91 Å². The molecule has 0 bridgehead atoms. The zero-order valence-corrected chi connectivity index (χ0v) is 13.6. The Bertz CT molecular complexity index is 585. The smallest absolute Gasteiger partial charge is 0.328 e. The molecule has 0 aliphatic heterocycles. The third-order valence-corrected chi connectivity index (χ3v) is 3.05. The number of hydrogen-bond donors (Lipinski definition) is 1. The first-order chi connectivity index (χ1) is 11.5. The van der Waals surface area contributed by atoms with Gasteiger partial charge in [-0.3, -0.25) is 9.59 Å². The second kappa shape index (κ2) is 10.1. The summed E-state index contributed by atoms with van der Waals surface area (Å²) in [5, 5.41) is 5.27. The van der Waals surface area contributed by atoms with E-state index in [1.807, 2.05) is 0 Å². The summed E-state index contributed by atoms with van der Waals surface area (Å²) < 4.78 is 9.71. The van der Waals surface area contributed by atoms with Gasteiger partial charge in [0.1, 0.15) is 11.7 Å². The molecule has 1 rings (SSSR count). The van der Waals surface area contributed by atoms with Crippen molar-refractivity contribution in [1.82, 2.24) is 5.32 Å². The molecule has 1 atom stereocenters. The van der Waals surface area contributed by atoms with Crippen molar-refractivity contribution in [1.29, 1.82) is 0 Å². The average Bonchev–Trinajstić information content (AvgIpc) is 2.58. The Labute approximate surface area is 139 Å². The predicted molar refractivity (Wildman–Crippen MR) is 85.7 cm³/mol. The van der Waals surface area contributed by atoms with Crippen molar-refractivity contribution in [3.63, 3.8) is 0 Å². The fourth-order valence-electron chi connectivity index (χ4n) is 1.90. The van der Waals surface area contributed by atoms with Gasteiger partial charge in [0.15, 0.2) is 0 Å². The number of carbonyl (C=O) groups is 3. The molecule has 130 valence electrons. The van der Waals surface area contributed by atoms with Crippen LogP contribution in [0.1, 0.15) is 37.0 Å². The van der Waals surface area contributed by atoms with Crippen LogP contribution in [-0.4, -0.2) is 37.1 Å². The third kappa shape index (κ3) is 6.15. The zero-order valence-electron chi connectivity index (χ0n) is 13.6. The summed E-state index contributed by atoms with van der Waals surface area (Å²) in [7, 11) is 0. The second-order valence-electron chi connectivity index (χ2n) is 4.76. The standard InChI is InChI=1S/C16H20N2O6/c1-3-23-14(19)10-9-13(16(21)24-4-2)17-15(20)11-5-7-12(18-22)8-6-11/h5-8,13H,3-4,9-10H2,1-2H3,(H,17,20)/t13-/m0/s1. The van der Waals surface area contributed by atoms with E-state index in [0.29, 0.717) is 0 Å². The Morgan fingerprint density at radius 1 is 1.08 bits per heavy atom. The number of ether oxygens (including phenoxy) is 2. The minimum absolute atomic E-state index is 0.0222. The summed E-state index contributed by atoms with van der Waals surface area (Å²) in [5.41, 5.74) is 0.448. The first-order valence-corrected chi connectivity index (χ1v) is 7.58. The van der Waals surface area contributed by atoms with Crippen molar-refractivity contribution in [2.45, 2.75) is 32.7 Å². The predicted octanol–water partition coefficient (Wildman–Crippen LogP) is 2.09. The number of nitroso groups, excluding NO2 is 1. The lowest BCUT2D eigenvalue weighted by Crippen LogP contribution is -2.42. The van der Waals surface area contributed by atoms with E-state index in [1.54, 1.807) is 13.8 Å². The Morgan fingerprint density at radius 3 is 2.25 bits per heavy atom. The molecule has 0 radical (unpaired) electrons. The van der Waals surface area contributed by atoms with E-state index in [1.165, 1.54) is 24.3 Å². The summed E-state index contributed by atoms with van der Waals surface area (Å²) in [6.45, 7) is 3.73. The molecule has 1 amide bonds. The van der Waals surface area contributed by atoms with Crippen molar-refractivity contribution in [3.05, 3.63) is 34.7 Å². The molecule has 0 heterocycles. The second-order valence-corrected chi connectivity index (χ2v) is 4.76. The highest BCUT2D eigenvalue weighted by Crippen LogP contribution is 2.13. The van der Waals surface area contributed by atoms with Crippen molar-refractivity contribution >= 4 is 23.5 Å². The van der Waals surface area contributed by atoms with E-state index in [2.05, 4.69) is 10.5 Å². The summed E-state index contributed by atoms with van der Waals surface area (Å²) >= 11 is 0. The molecular formula is C16H20N2O6. The summed E-state index contributed by atoms with van der Waals surface area (Å²) in [5.74, 6) is -1.60. The Balaban J connectivity index is 2.74. The van der Waals surface area contributed by atoms with Crippen LogP contribution in [0.15, 0.2) is 29.4 Å². The molecule has 0 unspecified atom stereocenters. The van der Waals surface area contributed by atoms with Crippen LogP contribution in [-0.2, 0) is 19.1 Å². The number of esters is 2. The maximum Gasteiger partial charge on any atom is 0.328 e. The van der Waals surface area contributed by atoms with Gasteiger partial charge in [-0.1, -0.05) is 0 Å². The van der Waals surface area contributed by atoms with Gasteiger partial charge in [0.2, 0.25) is 0 Å². The monoisotopic (exact) mass is 336 g/mol. The topological polar surface area (TPSA) is 111 Å². The van der Waals surface area contributed by atoms with Crippen LogP contribution in [0.4, 0.5) is 5.69 Å². The van der Waals surface area contributed by atoms with E-state index >= 15 is 0 Å². The lowest BCUT2D eigenvalue weighted by atomic mass is 10.1. The molecular weight excluding hydrogens is 316 g/mol. The molecule has 0 aliphatic carbocycles. The Morgan fingerprint density at radius 2 is 1.71 bits per heavy atom. The maximum atomic E-state index is 12.2. The molecule has 0 spiro atoms. The fraction of sp³-hybridized carbons (Fsp3) is 0.438. The van der Waals surface area contributed by atoms with E-state index in [-0.39, 0.29) is 37.3 Å². The molecule has 1 N–H and O–H groups in total. The van der Waals surface area contributed by atoms with E-state index in [0.717, 1.165) is 0 Å². The van der Waals surface area contributed by atoms with Crippen LogP contribution in [0.2, 0.25) is 0 Å². The van der Waals surface area contributed by atoms with E-state index < -0.39 is 23.9 Å². The van der Waals surface area contributed by atoms with Gasteiger partial charge in [0, 0.05) is 12.0 Å². The fourth-order valence-corrected chi connectivity index (χ4v) is 1.90. The quantitative estimate of drug-likeness (QED) is 0.546. The van der Waals surface area contributed by atoms with E-state index in [9.17, 15) is 19.3 Å². The van der Waals surface area contributed by atoms with E-state index in [4.69, 9.17) is 9.47 Å². The normalized spacial score (nSPS) is 11.2. The third-order valence-electron chi connectivity index (χ3n) is 3.05. The molecule has 0 aliphatic rings. The Hall–Kier alpha value is -2.77. The lowest BCUT2D eigenvalue weighted by molar-refractivity contribution is -0.146. The summed E-state index contributed by atoms with van der Waals surface area (Å²) in [6, 6.07) is 4.64. The van der Waals surface area contributed by atoms with Crippen molar-refractivity contribution < 1.29 is 23.9 Å². The highest BCUT2D eigenvalue weighted by Gasteiger charge is 2.23. The molecule has 0 saturated heterocycles. The van der Waals surface area contributed by atoms with Crippen molar-refractivity contribution in [2.24, 2.45) is 5.18 Å². The van der Waals surface area contributed by atoms with Gasteiger partial charge in [0.05, 0.1) is 13.2 Å². The molecule has 1 aromatic carbocycles. The summed E-state index contributed by atoms with van der Waals surface area (Å²) in [4.78, 5) is 45.9. The lowest BCUT2D eigenvalue weighted by Gasteiger charge is -2.17. The number of amides is 1. The Kier molecular flexibility index (Phi) is 8.10. The number of nitrogens with zero attached hydrogens (tertiary/aromatic N) is 1. The number of carbonyl (C=O) groups excluding carboxylic acids is 3. The van der Waals surface area contributed by atoms with Gasteiger partial charge < -0.3 is 14.8 Å². The first-order valence-electron chi connectivity index (χ1n) is 7.58. The first kappa shape index (κ1) is 19.3. The van der Waals surface area contributed by atoms with Gasteiger partial charge in [-0.05, 0) is 49.7 Å². The van der Waals surface area contributed by atoms with Gasteiger partial charge in [0.25, 0.3) is 5.91 Å². The van der Waals surface area contributed by atoms with Crippen molar-refractivity contribution in [2.75, 3.05) is 13.2 Å². The molecule has 0 aromatic heterocycles. The number of nitrogens with one attached hydrogen (secondary N) is 1. The molecule has 8 heteroatoms. The highest BCUT2D eigenvalue weighted by molar-refractivity contribution is 5.97. The van der Waals surface area contributed by atoms with Crippen LogP contribution < -0.4 is 5.32 Å². The minimum atomic E-state index is -0.967. The number of hydrogen-bond acceptors (Lipinski definition) is 7. The highest BCUT2D eigenvalue weighted by atomic mass is 16.5. The molecule has 0 fully saturated rings. The van der Waals surface area contributed by atoms with Gasteiger partial charge in [-0.25, -0.2) is 4.79 Å². The van der Waals surface area contributed by atoms with Crippen LogP contribution in [0.3, 0.4) is 0 Å². The average molecular weight is 336 g/mol. The van der Waals surface area contributed by atoms with Gasteiger partial charge >= 0.3 is 11.9 Å². The molecule has 24 heavy (non-hydrogen) atoms.